The van der Waals surface area contributed by atoms with Gasteiger partial charge in [-0.2, -0.15) is 0 Å². The molecule has 2 aliphatic rings. The average Bonchev–Trinajstić information content (AvgIpc) is 2.97. The van der Waals surface area contributed by atoms with E-state index in [1.54, 1.807) is 0 Å². The third-order valence-corrected chi connectivity index (χ3v) is 4.42. The molecule has 0 radical (unpaired) electrons. The molecule has 2 rings (SSSR count). The fourth-order valence-corrected chi connectivity index (χ4v) is 3.30. The molecular formula is C13H21NO4. The minimum absolute atomic E-state index is 0.0524. The largest absolute Gasteiger partial charge is 0.481 e. The molecule has 0 aromatic rings. The summed E-state index contributed by atoms with van der Waals surface area (Å²) in [5.74, 6) is -2.04. The zero-order valence-corrected chi connectivity index (χ0v) is 10.5. The molecule has 5 heteroatoms. The lowest BCUT2D eigenvalue weighted by Crippen LogP contribution is -2.52. The highest BCUT2D eigenvalue weighted by molar-refractivity contribution is 5.85. The zero-order valence-electron chi connectivity index (χ0n) is 10.5. The Hall–Kier alpha value is -1.10. The first kappa shape index (κ1) is 13.3. The van der Waals surface area contributed by atoms with Crippen molar-refractivity contribution in [1.82, 2.24) is 5.32 Å². The molecule has 2 aliphatic carbocycles. The van der Waals surface area contributed by atoms with Crippen molar-refractivity contribution in [3.8, 4) is 0 Å². The van der Waals surface area contributed by atoms with E-state index in [1.165, 1.54) is 0 Å². The number of rotatable bonds is 4. The molecule has 2 saturated carbocycles. The van der Waals surface area contributed by atoms with E-state index < -0.39 is 23.3 Å². The number of aliphatic hydroxyl groups excluding tert-OH is 1. The Kier molecular flexibility index (Phi) is 3.90. The highest BCUT2D eigenvalue weighted by atomic mass is 16.4. The Morgan fingerprint density at radius 1 is 1.11 bits per heavy atom. The summed E-state index contributed by atoms with van der Waals surface area (Å²) < 4.78 is 0. The smallest absolute Gasteiger partial charge is 0.307 e. The molecule has 2 fully saturated rings. The van der Waals surface area contributed by atoms with E-state index in [1.807, 2.05) is 0 Å². The summed E-state index contributed by atoms with van der Waals surface area (Å²) in [5, 5.41) is 21.5. The normalized spacial score (nSPS) is 30.3. The predicted molar refractivity (Wildman–Crippen MR) is 64.9 cm³/mol. The maximum absolute atomic E-state index is 12.2. The van der Waals surface area contributed by atoms with Crippen LogP contribution in [0, 0.1) is 11.8 Å². The van der Waals surface area contributed by atoms with Gasteiger partial charge in [0.1, 0.15) is 0 Å². The summed E-state index contributed by atoms with van der Waals surface area (Å²) in [5.41, 5.74) is -0.497. The van der Waals surface area contributed by atoms with Crippen LogP contribution >= 0.6 is 0 Å². The second-order valence-corrected chi connectivity index (χ2v) is 5.62. The van der Waals surface area contributed by atoms with Crippen LogP contribution in [0.5, 0.6) is 0 Å². The number of amides is 1. The third-order valence-electron chi connectivity index (χ3n) is 4.42. The molecule has 1 amide bonds. The SMILES string of the molecule is O=C(O)[C@H]1CCC[C@H]1C(=O)NC1(CO)CCCC1. The molecule has 102 valence electrons. The van der Waals surface area contributed by atoms with Crippen molar-refractivity contribution in [2.75, 3.05) is 6.61 Å². The standard InChI is InChI=1S/C13H21NO4/c15-8-13(6-1-2-7-13)14-11(16)9-4-3-5-10(9)12(17)18/h9-10,15H,1-8H2,(H,14,16)(H,17,18)/t9-,10+/m1/s1. The van der Waals surface area contributed by atoms with Gasteiger partial charge in [-0.05, 0) is 25.7 Å². The lowest BCUT2D eigenvalue weighted by Gasteiger charge is -2.30. The molecule has 0 spiro atoms. The molecule has 2 atom stereocenters. The lowest BCUT2D eigenvalue weighted by molar-refractivity contribution is -0.146. The van der Waals surface area contributed by atoms with Gasteiger partial charge in [0.25, 0.3) is 0 Å². The van der Waals surface area contributed by atoms with Crippen molar-refractivity contribution >= 4 is 11.9 Å². The van der Waals surface area contributed by atoms with E-state index in [-0.39, 0.29) is 12.5 Å². The quantitative estimate of drug-likeness (QED) is 0.697. The van der Waals surface area contributed by atoms with Crippen LogP contribution in [0.25, 0.3) is 0 Å². The number of carboxylic acid groups (broad SMARTS) is 1. The van der Waals surface area contributed by atoms with Gasteiger partial charge in [0.05, 0.1) is 24.0 Å². The molecule has 5 nitrogen and oxygen atoms in total. The van der Waals surface area contributed by atoms with Gasteiger partial charge in [-0.1, -0.05) is 19.3 Å². The number of hydrogen-bond donors (Lipinski definition) is 3. The van der Waals surface area contributed by atoms with Crippen molar-refractivity contribution < 1.29 is 19.8 Å². The minimum Gasteiger partial charge on any atom is -0.481 e. The third kappa shape index (κ3) is 2.51. The Labute approximate surface area is 107 Å². The number of nitrogens with one attached hydrogen (secondary N) is 1. The number of carbonyl (C=O) groups is 2. The summed E-state index contributed by atoms with van der Waals surface area (Å²) in [6, 6.07) is 0. The van der Waals surface area contributed by atoms with Crippen molar-refractivity contribution in [3.05, 3.63) is 0 Å². The second kappa shape index (κ2) is 5.26. The predicted octanol–water partition coefficient (Wildman–Crippen LogP) is 0.909. The van der Waals surface area contributed by atoms with E-state index in [0.29, 0.717) is 12.8 Å². The Morgan fingerprint density at radius 2 is 1.72 bits per heavy atom. The highest BCUT2D eigenvalue weighted by Gasteiger charge is 2.42. The molecule has 3 N–H and O–H groups in total. The Balaban J connectivity index is 2.00. The van der Waals surface area contributed by atoms with Crippen molar-refractivity contribution in [2.45, 2.75) is 50.5 Å². The summed E-state index contributed by atoms with van der Waals surface area (Å²) in [7, 11) is 0. The summed E-state index contributed by atoms with van der Waals surface area (Å²) in [4.78, 5) is 23.3. The van der Waals surface area contributed by atoms with E-state index in [0.717, 1.165) is 32.1 Å². The van der Waals surface area contributed by atoms with Gasteiger partial charge in [-0.15, -0.1) is 0 Å². The number of carbonyl (C=O) groups excluding carboxylic acids is 1. The monoisotopic (exact) mass is 255 g/mol. The topological polar surface area (TPSA) is 86.6 Å². The second-order valence-electron chi connectivity index (χ2n) is 5.62. The molecular weight excluding hydrogens is 234 g/mol. The molecule has 0 aromatic carbocycles. The molecule has 18 heavy (non-hydrogen) atoms. The molecule has 0 saturated heterocycles. The summed E-state index contributed by atoms with van der Waals surface area (Å²) in [6.45, 7) is -0.0524. The maximum Gasteiger partial charge on any atom is 0.307 e. The van der Waals surface area contributed by atoms with Gasteiger partial charge in [0.2, 0.25) is 5.91 Å². The van der Waals surface area contributed by atoms with Gasteiger partial charge in [-0.3, -0.25) is 9.59 Å². The first-order valence-electron chi connectivity index (χ1n) is 6.74. The summed E-state index contributed by atoms with van der Waals surface area (Å²) >= 11 is 0. The van der Waals surface area contributed by atoms with Crippen LogP contribution in [0.4, 0.5) is 0 Å². The van der Waals surface area contributed by atoms with E-state index >= 15 is 0 Å². The number of aliphatic hydroxyl groups is 1. The van der Waals surface area contributed by atoms with Gasteiger partial charge in [0, 0.05) is 0 Å². The van der Waals surface area contributed by atoms with Crippen LogP contribution in [0.2, 0.25) is 0 Å². The van der Waals surface area contributed by atoms with Gasteiger partial charge >= 0.3 is 5.97 Å². The van der Waals surface area contributed by atoms with Crippen molar-refractivity contribution in [2.24, 2.45) is 11.8 Å². The van der Waals surface area contributed by atoms with Crippen LogP contribution in [-0.2, 0) is 9.59 Å². The summed E-state index contributed by atoms with van der Waals surface area (Å²) in [6.07, 6.45) is 5.62. The molecule has 0 unspecified atom stereocenters. The van der Waals surface area contributed by atoms with E-state index in [2.05, 4.69) is 5.32 Å². The van der Waals surface area contributed by atoms with Crippen LogP contribution in [0.3, 0.4) is 0 Å². The zero-order chi connectivity index (χ0) is 13.2. The van der Waals surface area contributed by atoms with Gasteiger partial charge in [-0.25, -0.2) is 0 Å². The van der Waals surface area contributed by atoms with Crippen LogP contribution in [0.1, 0.15) is 44.9 Å². The first-order chi connectivity index (χ1) is 8.58. The number of aliphatic carboxylic acids is 1. The maximum atomic E-state index is 12.2. The molecule has 0 bridgehead atoms. The molecule has 0 aromatic heterocycles. The molecule has 0 heterocycles. The average molecular weight is 255 g/mol. The van der Waals surface area contributed by atoms with E-state index in [4.69, 9.17) is 5.11 Å². The fourth-order valence-electron chi connectivity index (χ4n) is 3.30. The van der Waals surface area contributed by atoms with Crippen LogP contribution < -0.4 is 5.32 Å². The Morgan fingerprint density at radius 3 is 2.28 bits per heavy atom. The van der Waals surface area contributed by atoms with Crippen molar-refractivity contribution in [3.63, 3.8) is 0 Å². The number of hydrogen-bond acceptors (Lipinski definition) is 3. The van der Waals surface area contributed by atoms with E-state index in [9.17, 15) is 14.7 Å². The van der Waals surface area contributed by atoms with Gasteiger partial charge < -0.3 is 15.5 Å². The van der Waals surface area contributed by atoms with Crippen LogP contribution in [0.15, 0.2) is 0 Å². The molecule has 0 aliphatic heterocycles. The van der Waals surface area contributed by atoms with Crippen LogP contribution in [-0.4, -0.2) is 34.2 Å². The van der Waals surface area contributed by atoms with Crippen molar-refractivity contribution in [1.29, 1.82) is 0 Å². The lowest BCUT2D eigenvalue weighted by atomic mass is 9.92. The highest BCUT2D eigenvalue weighted by Crippen LogP contribution is 2.34. The van der Waals surface area contributed by atoms with Gasteiger partial charge in [0.15, 0.2) is 0 Å². The fraction of sp³-hybridized carbons (Fsp3) is 0.846. The number of carboxylic acids is 1. The first-order valence-corrected chi connectivity index (χ1v) is 6.74. The minimum atomic E-state index is -0.878. The Bertz CT molecular complexity index is 336.